The summed E-state index contributed by atoms with van der Waals surface area (Å²) in [6.07, 6.45) is 0. The Balaban J connectivity index is 1.47. The average Bonchev–Trinajstić information content (AvgIpc) is 3.33. The lowest BCUT2D eigenvalue weighted by atomic mass is 10.0. The predicted octanol–water partition coefficient (Wildman–Crippen LogP) is 2.92. The predicted molar refractivity (Wildman–Crippen MR) is 115 cm³/mol. The fourth-order valence-electron chi connectivity index (χ4n) is 3.60. The van der Waals surface area contributed by atoms with E-state index in [1.807, 2.05) is 30.3 Å². The molecule has 0 spiro atoms. The first kappa shape index (κ1) is 21.3. The van der Waals surface area contributed by atoms with Gasteiger partial charge in [-0.15, -0.1) is 0 Å². The van der Waals surface area contributed by atoms with Gasteiger partial charge in [-0.1, -0.05) is 48.5 Å². The van der Waals surface area contributed by atoms with Crippen LogP contribution in [0, 0.1) is 0 Å². The number of carbonyl (C=O) groups excluding carboxylic acids is 1. The number of hydrogen-bond acceptors (Lipinski definition) is 6. The molecule has 7 nitrogen and oxygen atoms in total. The standard InChI is InChI=1S/C23H24N2O5S/c26-23(21-11-12-22(30-21)31(27,28)19-9-5-2-6-10-19)24-17-20(18-7-3-1-4-8-18)25-13-15-29-16-14-25/h1-12,20H,13-17H2,(H,24,26). The van der Waals surface area contributed by atoms with Crippen LogP contribution in [0.4, 0.5) is 0 Å². The van der Waals surface area contributed by atoms with Crippen molar-refractivity contribution >= 4 is 15.7 Å². The van der Waals surface area contributed by atoms with Crippen molar-refractivity contribution in [3.63, 3.8) is 0 Å². The topological polar surface area (TPSA) is 88.9 Å². The molecule has 1 N–H and O–H groups in total. The van der Waals surface area contributed by atoms with Gasteiger partial charge in [-0.05, 0) is 29.8 Å². The number of sulfone groups is 1. The molecule has 1 atom stereocenters. The van der Waals surface area contributed by atoms with Gasteiger partial charge in [0.25, 0.3) is 5.91 Å². The minimum atomic E-state index is -3.81. The van der Waals surface area contributed by atoms with Crippen LogP contribution < -0.4 is 5.32 Å². The van der Waals surface area contributed by atoms with Gasteiger partial charge >= 0.3 is 0 Å². The molecule has 8 heteroatoms. The fourth-order valence-corrected chi connectivity index (χ4v) is 4.80. The zero-order chi connectivity index (χ0) is 21.7. The number of nitrogens with one attached hydrogen (secondary N) is 1. The molecule has 1 amide bonds. The SMILES string of the molecule is O=C(NCC(c1ccccc1)N1CCOCC1)c1ccc(S(=O)(=O)c2ccccc2)o1. The lowest BCUT2D eigenvalue weighted by Crippen LogP contribution is -2.43. The molecule has 0 bridgehead atoms. The third kappa shape index (κ3) is 4.87. The Morgan fingerprint density at radius 1 is 0.935 bits per heavy atom. The molecule has 31 heavy (non-hydrogen) atoms. The first-order valence-corrected chi connectivity index (χ1v) is 11.6. The highest BCUT2D eigenvalue weighted by Crippen LogP contribution is 2.24. The minimum absolute atomic E-state index is 0.0171. The van der Waals surface area contributed by atoms with Crippen molar-refractivity contribution in [3.8, 4) is 0 Å². The van der Waals surface area contributed by atoms with Gasteiger partial charge in [0.2, 0.25) is 14.9 Å². The van der Waals surface area contributed by atoms with E-state index in [-0.39, 0.29) is 21.8 Å². The third-order valence-electron chi connectivity index (χ3n) is 5.25. The lowest BCUT2D eigenvalue weighted by Gasteiger charge is -2.34. The van der Waals surface area contributed by atoms with E-state index in [0.717, 1.165) is 18.7 Å². The number of carbonyl (C=O) groups is 1. The minimum Gasteiger partial charge on any atom is -0.439 e. The summed E-state index contributed by atoms with van der Waals surface area (Å²) in [5.74, 6) is -0.494. The zero-order valence-corrected chi connectivity index (χ0v) is 17.8. The van der Waals surface area contributed by atoms with E-state index in [0.29, 0.717) is 19.8 Å². The second kappa shape index (κ2) is 9.47. The van der Waals surface area contributed by atoms with Crippen molar-refractivity contribution in [3.05, 3.63) is 84.1 Å². The van der Waals surface area contributed by atoms with Crippen LogP contribution in [-0.2, 0) is 14.6 Å². The van der Waals surface area contributed by atoms with E-state index >= 15 is 0 Å². The van der Waals surface area contributed by atoms with Crippen LogP contribution in [0.2, 0.25) is 0 Å². The number of ether oxygens (including phenoxy) is 1. The smallest absolute Gasteiger partial charge is 0.287 e. The van der Waals surface area contributed by atoms with E-state index in [2.05, 4.69) is 10.2 Å². The molecule has 1 aromatic heterocycles. The largest absolute Gasteiger partial charge is 0.439 e. The molecular formula is C23H24N2O5S. The Labute approximate surface area is 181 Å². The summed E-state index contributed by atoms with van der Waals surface area (Å²) in [5, 5.41) is 2.64. The molecule has 1 fully saturated rings. The van der Waals surface area contributed by atoms with Crippen molar-refractivity contribution in [2.24, 2.45) is 0 Å². The van der Waals surface area contributed by atoms with Gasteiger partial charge in [-0.2, -0.15) is 0 Å². The lowest BCUT2D eigenvalue weighted by molar-refractivity contribution is 0.0161. The monoisotopic (exact) mass is 440 g/mol. The number of furan rings is 1. The summed E-state index contributed by atoms with van der Waals surface area (Å²) in [5.41, 5.74) is 1.09. The number of nitrogens with zero attached hydrogens (tertiary/aromatic N) is 1. The summed E-state index contributed by atoms with van der Waals surface area (Å²) >= 11 is 0. The van der Waals surface area contributed by atoms with Crippen molar-refractivity contribution in [1.82, 2.24) is 10.2 Å². The Bertz CT molecular complexity index is 1110. The maximum atomic E-state index is 12.7. The molecule has 1 unspecified atom stereocenters. The molecule has 1 aliphatic heterocycles. The van der Waals surface area contributed by atoms with Crippen molar-refractivity contribution in [1.29, 1.82) is 0 Å². The Morgan fingerprint density at radius 3 is 2.26 bits per heavy atom. The van der Waals surface area contributed by atoms with E-state index in [4.69, 9.17) is 9.15 Å². The molecule has 2 aromatic carbocycles. The van der Waals surface area contributed by atoms with Crippen LogP contribution in [0.3, 0.4) is 0 Å². The highest BCUT2D eigenvalue weighted by Gasteiger charge is 2.26. The highest BCUT2D eigenvalue weighted by molar-refractivity contribution is 7.91. The second-order valence-corrected chi connectivity index (χ2v) is 9.10. The van der Waals surface area contributed by atoms with Crippen LogP contribution in [0.15, 0.2) is 87.2 Å². The fraction of sp³-hybridized carbons (Fsp3) is 0.261. The number of benzene rings is 2. The normalized spacial score (nSPS) is 16.0. The molecule has 0 radical (unpaired) electrons. The van der Waals surface area contributed by atoms with Crippen LogP contribution in [0.5, 0.6) is 0 Å². The summed E-state index contributed by atoms with van der Waals surface area (Å²) < 4.78 is 36.2. The maximum Gasteiger partial charge on any atom is 0.287 e. The Morgan fingerprint density at radius 2 is 1.58 bits per heavy atom. The van der Waals surface area contributed by atoms with Crippen molar-refractivity contribution < 1.29 is 22.4 Å². The van der Waals surface area contributed by atoms with E-state index in [1.165, 1.54) is 24.3 Å². The quantitative estimate of drug-likeness (QED) is 0.608. The Kier molecular flexibility index (Phi) is 6.50. The van der Waals surface area contributed by atoms with Gasteiger partial charge in [0.1, 0.15) is 0 Å². The van der Waals surface area contributed by atoms with Crippen LogP contribution in [-0.4, -0.2) is 52.1 Å². The first-order valence-electron chi connectivity index (χ1n) is 10.1. The van der Waals surface area contributed by atoms with Gasteiger partial charge in [-0.25, -0.2) is 8.42 Å². The molecule has 0 saturated carbocycles. The first-order chi connectivity index (χ1) is 15.1. The summed E-state index contributed by atoms with van der Waals surface area (Å²) in [6.45, 7) is 3.21. The average molecular weight is 441 g/mol. The van der Waals surface area contributed by atoms with E-state index < -0.39 is 15.7 Å². The van der Waals surface area contributed by atoms with Crippen LogP contribution >= 0.6 is 0 Å². The van der Waals surface area contributed by atoms with E-state index in [1.54, 1.807) is 18.2 Å². The van der Waals surface area contributed by atoms with Crippen LogP contribution in [0.1, 0.15) is 22.2 Å². The second-order valence-electron chi connectivity index (χ2n) is 7.22. The zero-order valence-electron chi connectivity index (χ0n) is 16.9. The molecular weight excluding hydrogens is 416 g/mol. The summed E-state index contributed by atoms with van der Waals surface area (Å²) in [7, 11) is -3.81. The highest BCUT2D eigenvalue weighted by atomic mass is 32.2. The van der Waals surface area contributed by atoms with Crippen LogP contribution in [0.25, 0.3) is 0 Å². The molecule has 1 saturated heterocycles. The molecule has 3 aromatic rings. The van der Waals surface area contributed by atoms with E-state index in [9.17, 15) is 13.2 Å². The Hall–Kier alpha value is -2.94. The molecule has 162 valence electrons. The number of rotatable bonds is 7. The maximum absolute atomic E-state index is 12.7. The summed E-state index contributed by atoms with van der Waals surface area (Å²) in [4.78, 5) is 15.1. The number of amides is 1. The van der Waals surface area contributed by atoms with Gasteiger partial charge in [0.05, 0.1) is 24.2 Å². The summed E-state index contributed by atoms with van der Waals surface area (Å²) in [6, 6.07) is 20.6. The number of hydrogen-bond donors (Lipinski definition) is 1. The molecule has 2 heterocycles. The molecule has 0 aliphatic carbocycles. The van der Waals surface area contributed by atoms with Gasteiger partial charge in [0.15, 0.2) is 5.76 Å². The van der Waals surface area contributed by atoms with Crippen molar-refractivity contribution in [2.75, 3.05) is 32.8 Å². The molecule has 1 aliphatic rings. The van der Waals surface area contributed by atoms with Gasteiger partial charge in [0, 0.05) is 19.6 Å². The molecule has 4 rings (SSSR count). The number of morpholine rings is 1. The van der Waals surface area contributed by atoms with Gasteiger partial charge < -0.3 is 14.5 Å². The van der Waals surface area contributed by atoms with Gasteiger partial charge in [-0.3, -0.25) is 9.69 Å². The van der Waals surface area contributed by atoms with Crippen molar-refractivity contribution in [2.45, 2.75) is 16.0 Å². The third-order valence-corrected chi connectivity index (χ3v) is 6.89.